The summed E-state index contributed by atoms with van der Waals surface area (Å²) in [6.45, 7) is 0. The number of benzene rings is 1. The summed E-state index contributed by atoms with van der Waals surface area (Å²) in [6, 6.07) is 9.55. The molecule has 76 valence electrons. The molecule has 1 aromatic carbocycles. The van der Waals surface area contributed by atoms with Crippen LogP contribution < -0.4 is 10.2 Å². The van der Waals surface area contributed by atoms with Crippen LogP contribution in [0.3, 0.4) is 0 Å². The van der Waals surface area contributed by atoms with E-state index in [1.807, 2.05) is 30.3 Å². The minimum absolute atomic E-state index is 0.245. The van der Waals surface area contributed by atoms with E-state index >= 15 is 0 Å². The third kappa shape index (κ3) is 3.50. The molecule has 0 aliphatic heterocycles. The molecule has 0 amide bonds. The van der Waals surface area contributed by atoms with Gasteiger partial charge < -0.3 is 0 Å². The van der Waals surface area contributed by atoms with Gasteiger partial charge in [-0.25, -0.2) is 0 Å². The first-order valence-electron chi connectivity index (χ1n) is 4.25. The molecule has 4 heteroatoms. The average molecular weight is 258 g/mol. The number of methoxy groups -OCH3 is 1. The van der Waals surface area contributed by atoms with E-state index in [9.17, 15) is 4.79 Å². The maximum atomic E-state index is 11.0. The van der Waals surface area contributed by atoms with Gasteiger partial charge in [0.2, 0.25) is 0 Å². The molecule has 0 aliphatic carbocycles. The van der Waals surface area contributed by atoms with Gasteiger partial charge in [0.1, 0.15) is 0 Å². The maximum absolute atomic E-state index is 11.0. The molecular formula is C10H13NO2Se. The van der Waals surface area contributed by atoms with Gasteiger partial charge in [-0.15, -0.1) is 0 Å². The molecule has 0 aliphatic rings. The fourth-order valence-corrected chi connectivity index (χ4v) is 2.72. The fraction of sp³-hybridized carbons (Fsp3) is 0.300. The Morgan fingerprint density at radius 1 is 1.50 bits per heavy atom. The molecule has 1 atom stereocenters. The molecule has 0 bridgehead atoms. The Balaban J connectivity index is 2.38. The zero-order chi connectivity index (χ0) is 10.4. The monoisotopic (exact) mass is 259 g/mol. The van der Waals surface area contributed by atoms with Gasteiger partial charge in [-0.05, 0) is 0 Å². The minimum atomic E-state index is -0.486. The number of hydrogen-bond acceptors (Lipinski definition) is 3. The van der Waals surface area contributed by atoms with Crippen LogP contribution in [0.25, 0.3) is 0 Å². The van der Waals surface area contributed by atoms with Gasteiger partial charge in [0.25, 0.3) is 0 Å². The molecule has 0 aromatic heterocycles. The van der Waals surface area contributed by atoms with Gasteiger partial charge in [0.15, 0.2) is 0 Å². The van der Waals surface area contributed by atoms with Gasteiger partial charge in [-0.2, -0.15) is 0 Å². The predicted molar refractivity (Wildman–Crippen MR) is 56.6 cm³/mol. The van der Waals surface area contributed by atoms with Gasteiger partial charge in [0, 0.05) is 0 Å². The number of carbonyl (C=O) groups excluding carboxylic acids is 1. The number of ether oxygens (including phenoxy) is 1. The van der Waals surface area contributed by atoms with Crippen molar-refractivity contribution in [1.82, 2.24) is 0 Å². The molecule has 0 saturated carbocycles. The van der Waals surface area contributed by atoms with Crippen molar-refractivity contribution in [3.63, 3.8) is 0 Å². The summed E-state index contributed by atoms with van der Waals surface area (Å²) in [5.74, 6) is -0.331. The van der Waals surface area contributed by atoms with Crippen molar-refractivity contribution in [2.75, 3.05) is 7.11 Å². The van der Waals surface area contributed by atoms with Gasteiger partial charge in [-0.3, -0.25) is 0 Å². The Bertz CT molecular complexity index is 289. The summed E-state index contributed by atoms with van der Waals surface area (Å²) in [5, 5.41) is 0.684. The van der Waals surface area contributed by atoms with E-state index in [0.717, 1.165) is 0 Å². The van der Waals surface area contributed by atoms with E-state index in [2.05, 4.69) is 4.74 Å². The van der Waals surface area contributed by atoms with Crippen LogP contribution in [0.1, 0.15) is 0 Å². The Morgan fingerprint density at radius 3 is 2.71 bits per heavy atom. The van der Waals surface area contributed by atoms with E-state index in [0.29, 0.717) is 5.32 Å². The zero-order valence-electron chi connectivity index (χ0n) is 7.97. The molecule has 3 nitrogen and oxygen atoms in total. The summed E-state index contributed by atoms with van der Waals surface area (Å²) in [4.78, 5) is 11.0. The van der Waals surface area contributed by atoms with Gasteiger partial charge in [-0.1, -0.05) is 0 Å². The van der Waals surface area contributed by atoms with E-state index in [4.69, 9.17) is 5.73 Å². The molecule has 14 heavy (non-hydrogen) atoms. The Hall–Kier alpha value is -0.831. The molecule has 0 radical (unpaired) electrons. The molecule has 0 heterocycles. The van der Waals surface area contributed by atoms with Crippen LogP contribution in [0.15, 0.2) is 30.3 Å². The van der Waals surface area contributed by atoms with Crippen LogP contribution in [0.5, 0.6) is 0 Å². The number of hydrogen-bond donors (Lipinski definition) is 1. The Morgan fingerprint density at radius 2 is 2.14 bits per heavy atom. The van der Waals surface area contributed by atoms with Crippen LogP contribution in [0, 0.1) is 0 Å². The molecule has 2 N–H and O–H groups in total. The molecule has 0 unspecified atom stereocenters. The quantitative estimate of drug-likeness (QED) is 0.608. The summed E-state index contributed by atoms with van der Waals surface area (Å²) in [7, 11) is 1.36. The van der Waals surface area contributed by atoms with E-state index in [-0.39, 0.29) is 20.9 Å². The second-order valence-corrected chi connectivity index (χ2v) is 5.05. The second kappa shape index (κ2) is 5.81. The van der Waals surface area contributed by atoms with Crippen LogP contribution in [-0.4, -0.2) is 34.1 Å². The van der Waals surface area contributed by atoms with E-state index < -0.39 is 6.04 Å². The SMILES string of the molecule is COC(=O)[C@@H](N)C[Se]c1ccccc1. The molecule has 0 spiro atoms. The number of carbonyl (C=O) groups is 1. The van der Waals surface area contributed by atoms with E-state index in [1.165, 1.54) is 11.6 Å². The topological polar surface area (TPSA) is 52.3 Å². The van der Waals surface area contributed by atoms with Crippen molar-refractivity contribution < 1.29 is 9.53 Å². The Kier molecular flexibility index (Phi) is 4.66. The van der Waals surface area contributed by atoms with Gasteiger partial charge >= 0.3 is 89.5 Å². The molecular weight excluding hydrogens is 245 g/mol. The van der Waals surface area contributed by atoms with E-state index in [1.54, 1.807) is 0 Å². The van der Waals surface area contributed by atoms with Crippen molar-refractivity contribution in [3.8, 4) is 0 Å². The number of rotatable bonds is 4. The molecule has 1 rings (SSSR count). The first-order chi connectivity index (χ1) is 6.74. The van der Waals surface area contributed by atoms with Crippen LogP contribution >= 0.6 is 0 Å². The third-order valence-electron chi connectivity index (χ3n) is 1.68. The average Bonchev–Trinajstić information content (AvgIpc) is 2.26. The molecule has 0 fully saturated rings. The van der Waals surface area contributed by atoms with Crippen LogP contribution in [0.2, 0.25) is 5.32 Å². The van der Waals surface area contributed by atoms with Crippen LogP contribution in [0.4, 0.5) is 0 Å². The van der Waals surface area contributed by atoms with Crippen molar-refractivity contribution >= 4 is 25.4 Å². The van der Waals surface area contributed by atoms with Crippen molar-refractivity contribution in [3.05, 3.63) is 30.3 Å². The normalized spacial score (nSPS) is 12.1. The zero-order valence-corrected chi connectivity index (χ0v) is 9.69. The Labute approximate surface area is 89.8 Å². The summed E-state index contributed by atoms with van der Waals surface area (Å²) >= 11 is 0.245. The molecule has 0 saturated heterocycles. The van der Waals surface area contributed by atoms with Crippen molar-refractivity contribution in [2.24, 2.45) is 5.73 Å². The summed E-state index contributed by atoms with van der Waals surface area (Å²) in [6.07, 6.45) is 0. The summed E-state index contributed by atoms with van der Waals surface area (Å²) in [5.41, 5.74) is 5.62. The first kappa shape index (κ1) is 11.2. The van der Waals surface area contributed by atoms with Crippen molar-refractivity contribution in [2.45, 2.75) is 11.4 Å². The first-order valence-corrected chi connectivity index (χ1v) is 6.32. The van der Waals surface area contributed by atoms with Crippen molar-refractivity contribution in [1.29, 1.82) is 0 Å². The van der Waals surface area contributed by atoms with Crippen LogP contribution in [-0.2, 0) is 9.53 Å². The number of esters is 1. The standard InChI is InChI=1S/C10H13NO2Se/c1-13-10(12)9(11)7-14-8-5-3-2-4-6-8/h2-6,9H,7,11H2,1H3/t9-/m0/s1. The second-order valence-electron chi connectivity index (χ2n) is 2.75. The molecule has 1 aromatic rings. The third-order valence-corrected chi connectivity index (χ3v) is 4.05. The summed E-state index contributed by atoms with van der Waals surface area (Å²) < 4.78 is 5.80. The van der Waals surface area contributed by atoms with Gasteiger partial charge in [0.05, 0.1) is 0 Å². The predicted octanol–water partition coefficient (Wildman–Crippen LogP) is -0.0653. The number of nitrogens with two attached hydrogens (primary N) is 1. The fourth-order valence-electron chi connectivity index (χ4n) is 0.922.